The monoisotopic (exact) mass is 337 g/mol. The van der Waals surface area contributed by atoms with Crippen LogP contribution in [-0.4, -0.2) is 15.0 Å². The fourth-order valence-corrected chi connectivity index (χ4v) is 3.56. The van der Waals surface area contributed by atoms with Gasteiger partial charge in [0.1, 0.15) is 5.75 Å². The average molecular weight is 338 g/mol. The molecule has 0 aliphatic carbocycles. The largest absolute Gasteiger partial charge is 0.493 e. The third-order valence-corrected chi connectivity index (χ3v) is 5.22. The first-order chi connectivity index (χ1) is 10.5. The molecule has 0 radical (unpaired) electrons. The lowest BCUT2D eigenvalue weighted by molar-refractivity contribution is 0.288. The molecule has 22 heavy (non-hydrogen) atoms. The van der Waals surface area contributed by atoms with E-state index in [2.05, 4.69) is 4.72 Å². The van der Waals surface area contributed by atoms with Gasteiger partial charge in [-0.25, -0.2) is 13.1 Å². The average Bonchev–Trinajstić information content (AvgIpc) is 2.54. The first-order valence-electron chi connectivity index (χ1n) is 7.04. The number of hydrogen-bond acceptors (Lipinski definition) is 3. The number of ether oxygens (including phenoxy) is 1. The zero-order valence-corrected chi connectivity index (χ0v) is 13.5. The van der Waals surface area contributed by atoms with Crippen LogP contribution in [0.1, 0.15) is 17.5 Å². The Morgan fingerprint density at radius 1 is 1.14 bits per heavy atom. The van der Waals surface area contributed by atoms with E-state index >= 15 is 0 Å². The molecular formula is C16H16ClNO3S. The molecule has 0 spiro atoms. The molecule has 0 bridgehead atoms. The van der Waals surface area contributed by atoms with E-state index < -0.39 is 10.0 Å². The van der Waals surface area contributed by atoms with Crippen LogP contribution in [-0.2, 0) is 23.0 Å². The number of rotatable bonds is 4. The lowest BCUT2D eigenvalue weighted by Crippen LogP contribution is -2.23. The summed E-state index contributed by atoms with van der Waals surface area (Å²) in [6.45, 7) is 0.918. The molecule has 6 heteroatoms. The molecule has 1 N–H and O–H groups in total. The summed E-state index contributed by atoms with van der Waals surface area (Å²) in [4.78, 5) is 0.269. The number of aryl methyl sites for hydroxylation is 1. The SMILES string of the molecule is O=S(=O)(NCc1ccc(Cl)cc1)c1ccc2c(c1)CCCO2. The fourth-order valence-electron chi connectivity index (χ4n) is 2.37. The molecule has 3 rings (SSSR count). The maximum Gasteiger partial charge on any atom is 0.240 e. The van der Waals surface area contributed by atoms with Gasteiger partial charge in [0.2, 0.25) is 10.0 Å². The summed E-state index contributed by atoms with van der Waals surface area (Å²) in [5.74, 6) is 0.780. The maximum absolute atomic E-state index is 12.4. The Balaban J connectivity index is 1.76. The van der Waals surface area contributed by atoms with Crippen molar-refractivity contribution >= 4 is 21.6 Å². The van der Waals surface area contributed by atoms with E-state index in [1.54, 1.807) is 42.5 Å². The van der Waals surface area contributed by atoms with Crippen LogP contribution in [0.25, 0.3) is 0 Å². The first-order valence-corrected chi connectivity index (χ1v) is 8.90. The van der Waals surface area contributed by atoms with Crippen molar-refractivity contribution in [2.75, 3.05) is 6.61 Å². The van der Waals surface area contributed by atoms with E-state index in [0.717, 1.165) is 29.7 Å². The first kappa shape index (κ1) is 15.3. The number of fused-ring (bicyclic) bond motifs is 1. The van der Waals surface area contributed by atoms with Crippen molar-refractivity contribution in [3.05, 3.63) is 58.6 Å². The number of benzene rings is 2. The molecule has 2 aromatic carbocycles. The van der Waals surface area contributed by atoms with Crippen LogP contribution in [0.15, 0.2) is 47.4 Å². The summed E-state index contributed by atoms with van der Waals surface area (Å²) >= 11 is 5.81. The van der Waals surface area contributed by atoms with E-state index in [1.807, 2.05) is 0 Å². The van der Waals surface area contributed by atoms with Crippen molar-refractivity contribution in [3.63, 3.8) is 0 Å². The van der Waals surface area contributed by atoms with Gasteiger partial charge < -0.3 is 4.74 Å². The van der Waals surface area contributed by atoms with Gasteiger partial charge in [0.25, 0.3) is 0 Å². The second kappa shape index (κ2) is 6.28. The Labute approximate surface area is 135 Å². The third kappa shape index (κ3) is 3.43. The second-order valence-electron chi connectivity index (χ2n) is 5.17. The number of hydrogen-bond donors (Lipinski definition) is 1. The maximum atomic E-state index is 12.4. The third-order valence-electron chi connectivity index (χ3n) is 3.57. The Kier molecular flexibility index (Phi) is 4.38. The summed E-state index contributed by atoms with van der Waals surface area (Å²) in [6.07, 6.45) is 1.75. The Morgan fingerprint density at radius 2 is 1.91 bits per heavy atom. The molecule has 1 aliphatic rings. The molecule has 2 aromatic rings. The quantitative estimate of drug-likeness (QED) is 0.932. The van der Waals surface area contributed by atoms with Crippen LogP contribution in [0.3, 0.4) is 0 Å². The second-order valence-corrected chi connectivity index (χ2v) is 7.38. The highest BCUT2D eigenvalue weighted by Crippen LogP contribution is 2.27. The Bertz CT molecular complexity index is 772. The van der Waals surface area contributed by atoms with E-state index in [-0.39, 0.29) is 11.4 Å². The Hall–Kier alpha value is -1.56. The van der Waals surface area contributed by atoms with E-state index in [0.29, 0.717) is 11.6 Å². The molecule has 0 amide bonds. The van der Waals surface area contributed by atoms with Gasteiger partial charge in [-0.05, 0) is 54.3 Å². The highest BCUT2D eigenvalue weighted by molar-refractivity contribution is 7.89. The molecule has 0 fully saturated rings. The van der Waals surface area contributed by atoms with Crippen LogP contribution in [0.2, 0.25) is 5.02 Å². The summed E-state index contributed by atoms with van der Waals surface area (Å²) in [7, 11) is -3.54. The normalized spacial score (nSPS) is 14.2. The minimum Gasteiger partial charge on any atom is -0.493 e. The van der Waals surface area contributed by atoms with Gasteiger partial charge in [-0.2, -0.15) is 0 Å². The predicted molar refractivity (Wildman–Crippen MR) is 85.7 cm³/mol. The van der Waals surface area contributed by atoms with Crippen LogP contribution in [0.5, 0.6) is 5.75 Å². The predicted octanol–water partition coefficient (Wildman–Crippen LogP) is 3.14. The molecule has 1 aliphatic heterocycles. The van der Waals surface area contributed by atoms with Crippen molar-refractivity contribution in [1.82, 2.24) is 4.72 Å². The number of halogens is 1. The van der Waals surface area contributed by atoms with Crippen molar-refractivity contribution in [1.29, 1.82) is 0 Å². The van der Waals surface area contributed by atoms with Crippen LogP contribution < -0.4 is 9.46 Å². The van der Waals surface area contributed by atoms with Crippen molar-refractivity contribution in [3.8, 4) is 5.75 Å². The number of nitrogens with one attached hydrogen (secondary N) is 1. The molecular weight excluding hydrogens is 322 g/mol. The summed E-state index contributed by atoms with van der Waals surface area (Å²) in [5, 5.41) is 0.626. The van der Waals surface area contributed by atoms with E-state index in [9.17, 15) is 8.42 Å². The van der Waals surface area contributed by atoms with Crippen molar-refractivity contribution < 1.29 is 13.2 Å². The zero-order chi connectivity index (χ0) is 15.6. The van der Waals surface area contributed by atoms with Crippen LogP contribution in [0.4, 0.5) is 0 Å². The van der Waals surface area contributed by atoms with Crippen molar-refractivity contribution in [2.45, 2.75) is 24.3 Å². The molecule has 4 nitrogen and oxygen atoms in total. The van der Waals surface area contributed by atoms with Gasteiger partial charge in [-0.3, -0.25) is 0 Å². The molecule has 0 saturated heterocycles. The summed E-state index contributed by atoms with van der Waals surface area (Å²) in [5.41, 5.74) is 1.80. The molecule has 1 heterocycles. The smallest absolute Gasteiger partial charge is 0.240 e. The van der Waals surface area contributed by atoms with Crippen molar-refractivity contribution in [2.24, 2.45) is 0 Å². The minimum atomic E-state index is -3.54. The lowest BCUT2D eigenvalue weighted by atomic mass is 10.1. The molecule has 116 valence electrons. The van der Waals surface area contributed by atoms with Gasteiger partial charge in [0.15, 0.2) is 0 Å². The van der Waals surface area contributed by atoms with Gasteiger partial charge in [-0.15, -0.1) is 0 Å². The van der Waals surface area contributed by atoms with Gasteiger partial charge in [0, 0.05) is 11.6 Å². The molecule has 0 unspecified atom stereocenters. The van der Waals surface area contributed by atoms with Gasteiger partial charge >= 0.3 is 0 Å². The molecule has 0 aromatic heterocycles. The summed E-state index contributed by atoms with van der Waals surface area (Å²) in [6, 6.07) is 12.1. The fraction of sp³-hybridized carbons (Fsp3) is 0.250. The van der Waals surface area contributed by atoms with E-state index in [1.165, 1.54) is 0 Å². The van der Waals surface area contributed by atoms with Crippen LogP contribution in [0, 0.1) is 0 Å². The Morgan fingerprint density at radius 3 is 2.68 bits per heavy atom. The lowest BCUT2D eigenvalue weighted by Gasteiger charge is -2.18. The van der Waals surface area contributed by atoms with Crippen LogP contribution >= 0.6 is 11.6 Å². The van der Waals surface area contributed by atoms with Gasteiger partial charge in [-0.1, -0.05) is 23.7 Å². The highest BCUT2D eigenvalue weighted by Gasteiger charge is 2.18. The number of sulfonamides is 1. The zero-order valence-electron chi connectivity index (χ0n) is 11.9. The summed E-state index contributed by atoms with van der Waals surface area (Å²) < 4.78 is 32.9. The minimum absolute atomic E-state index is 0.229. The standard InChI is InChI=1S/C16H16ClNO3S/c17-14-5-3-12(4-6-14)11-18-22(19,20)15-7-8-16-13(10-15)2-1-9-21-16/h3-8,10,18H,1-2,9,11H2. The topological polar surface area (TPSA) is 55.4 Å². The van der Waals surface area contributed by atoms with E-state index in [4.69, 9.17) is 16.3 Å². The van der Waals surface area contributed by atoms with Gasteiger partial charge in [0.05, 0.1) is 11.5 Å². The molecule has 0 atom stereocenters. The highest BCUT2D eigenvalue weighted by atomic mass is 35.5. The molecule has 0 saturated carbocycles.